The van der Waals surface area contributed by atoms with Gasteiger partial charge in [0.05, 0.1) is 25.8 Å². The Balaban J connectivity index is 1.95. The van der Waals surface area contributed by atoms with Crippen LogP contribution in [-0.4, -0.2) is 68.8 Å². The van der Waals surface area contributed by atoms with Crippen LogP contribution in [0.2, 0.25) is 0 Å². The van der Waals surface area contributed by atoms with Gasteiger partial charge in [0, 0.05) is 52.0 Å². The molecule has 1 atom stereocenters. The van der Waals surface area contributed by atoms with E-state index < -0.39 is 0 Å². The maximum absolute atomic E-state index is 12.5. The molecule has 7 heteroatoms. The van der Waals surface area contributed by atoms with Gasteiger partial charge in [0.2, 0.25) is 11.9 Å². The van der Waals surface area contributed by atoms with Crippen molar-refractivity contribution in [2.75, 3.05) is 52.9 Å². The van der Waals surface area contributed by atoms with Crippen molar-refractivity contribution in [3.05, 3.63) is 36.2 Å². The van der Waals surface area contributed by atoms with Crippen LogP contribution < -0.4 is 9.64 Å². The molecule has 3 rings (SSSR count). The monoisotopic (exact) mass is 398 g/mol. The molecule has 0 radical (unpaired) electrons. The zero-order chi connectivity index (χ0) is 20.8. The number of ether oxygens (including phenoxy) is 2. The van der Waals surface area contributed by atoms with Crippen LogP contribution in [0, 0.1) is 0 Å². The first kappa shape index (κ1) is 21.0. The first-order valence-electron chi connectivity index (χ1n) is 9.99. The molecule has 0 saturated carbocycles. The number of nitrogens with zero attached hydrogens (tertiary/aromatic N) is 4. The normalized spacial score (nSPS) is 16.6. The number of rotatable bonds is 7. The Morgan fingerprint density at radius 1 is 1.31 bits per heavy atom. The number of anilines is 1. The number of piperidine rings is 1. The second-order valence-electron chi connectivity index (χ2n) is 7.52. The Morgan fingerprint density at radius 2 is 2.14 bits per heavy atom. The highest BCUT2D eigenvalue weighted by molar-refractivity contribution is 5.76. The van der Waals surface area contributed by atoms with Gasteiger partial charge >= 0.3 is 0 Å². The molecule has 1 aromatic heterocycles. The lowest BCUT2D eigenvalue weighted by molar-refractivity contribution is -0.133. The van der Waals surface area contributed by atoms with Gasteiger partial charge in [-0.1, -0.05) is 12.1 Å². The van der Waals surface area contributed by atoms with Crippen LogP contribution in [0.25, 0.3) is 11.1 Å². The highest BCUT2D eigenvalue weighted by Gasteiger charge is 2.28. The highest BCUT2D eigenvalue weighted by atomic mass is 16.5. The molecule has 29 heavy (non-hydrogen) atoms. The summed E-state index contributed by atoms with van der Waals surface area (Å²) >= 11 is 0. The molecule has 1 aliphatic heterocycles. The number of hydrogen-bond donors (Lipinski definition) is 0. The number of amides is 1. The van der Waals surface area contributed by atoms with Crippen molar-refractivity contribution in [1.82, 2.24) is 14.9 Å². The molecule has 1 amide bonds. The fourth-order valence-corrected chi connectivity index (χ4v) is 3.70. The Morgan fingerprint density at radius 3 is 2.86 bits per heavy atom. The largest absolute Gasteiger partial charge is 0.497 e. The molecular weight excluding hydrogens is 368 g/mol. The fraction of sp³-hybridized carbons (Fsp3) is 0.500. The second kappa shape index (κ2) is 9.69. The van der Waals surface area contributed by atoms with Crippen LogP contribution in [-0.2, 0) is 9.53 Å². The van der Waals surface area contributed by atoms with Crippen molar-refractivity contribution in [2.24, 2.45) is 0 Å². The van der Waals surface area contributed by atoms with Crippen LogP contribution in [0.3, 0.4) is 0 Å². The SMILES string of the molecule is COCCC(=O)N1CCCC(c2nc(N(C)C)ncc2-c2cccc(OC)c2)C1. The predicted octanol–water partition coefficient (Wildman–Crippen LogP) is 2.96. The van der Waals surface area contributed by atoms with Gasteiger partial charge in [0.15, 0.2) is 0 Å². The fourth-order valence-electron chi connectivity index (χ4n) is 3.70. The van der Waals surface area contributed by atoms with Crippen molar-refractivity contribution in [1.29, 1.82) is 0 Å². The third kappa shape index (κ3) is 5.03. The average Bonchev–Trinajstić information content (AvgIpc) is 2.77. The van der Waals surface area contributed by atoms with E-state index in [9.17, 15) is 4.79 Å². The summed E-state index contributed by atoms with van der Waals surface area (Å²) in [7, 11) is 7.16. The van der Waals surface area contributed by atoms with E-state index >= 15 is 0 Å². The smallest absolute Gasteiger partial charge is 0.225 e. The van der Waals surface area contributed by atoms with Gasteiger partial charge in [-0.05, 0) is 30.5 Å². The summed E-state index contributed by atoms with van der Waals surface area (Å²) in [5.74, 6) is 1.78. The average molecular weight is 399 g/mol. The van der Waals surface area contributed by atoms with Gasteiger partial charge in [-0.2, -0.15) is 0 Å². The lowest BCUT2D eigenvalue weighted by atomic mass is 9.89. The third-order valence-corrected chi connectivity index (χ3v) is 5.27. The summed E-state index contributed by atoms with van der Waals surface area (Å²) in [5, 5.41) is 0. The lowest BCUT2D eigenvalue weighted by Gasteiger charge is -2.33. The lowest BCUT2D eigenvalue weighted by Crippen LogP contribution is -2.39. The minimum atomic E-state index is 0.140. The number of hydrogen-bond acceptors (Lipinski definition) is 6. The van der Waals surface area contributed by atoms with Gasteiger partial charge in [-0.3, -0.25) is 4.79 Å². The molecule has 1 aliphatic rings. The van der Waals surface area contributed by atoms with Crippen LogP contribution in [0.15, 0.2) is 30.5 Å². The number of likely N-dealkylation sites (tertiary alicyclic amines) is 1. The van der Waals surface area contributed by atoms with Gasteiger partial charge < -0.3 is 19.3 Å². The predicted molar refractivity (Wildman–Crippen MR) is 113 cm³/mol. The molecule has 2 aromatic rings. The van der Waals surface area contributed by atoms with Gasteiger partial charge in [-0.25, -0.2) is 9.97 Å². The molecule has 2 heterocycles. The molecule has 0 aliphatic carbocycles. The quantitative estimate of drug-likeness (QED) is 0.714. The number of methoxy groups -OCH3 is 2. The van der Waals surface area contributed by atoms with E-state index in [1.807, 2.05) is 54.4 Å². The van der Waals surface area contributed by atoms with E-state index in [1.165, 1.54) is 0 Å². The molecule has 1 unspecified atom stereocenters. The summed E-state index contributed by atoms with van der Waals surface area (Å²) < 4.78 is 10.5. The highest BCUT2D eigenvalue weighted by Crippen LogP contribution is 2.35. The molecular formula is C22H30N4O3. The second-order valence-corrected chi connectivity index (χ2v) is 7.52. The maximum Gasteiger partial charge on any atom is 0.225 e. The van der Waals surface area contributed by atoms with Crippen LogP contribution in [0.1, 0.15) is 30.9 Å². The molecule has 1 fully saturated rings. The summed E-state index contributed by atoms with van der Waals surface area (Å²) in [6, 6.07) is 7.94. The summed E-state index contributed by atoms with van der Waals surface area (Å²) in [5.41, 5.74) is 3.00. The summed E-state index contributed by atoms with van der Waals surface area (Å²) in [6.07, 6.45) is 4.26. The van der Waals surface area contributed by atoms with Crippen molar-refractivity contribution >= 4 is 11.9 Å². The van der Waals surface area contributed by atoms with E-state index in [4.69, 9.17) is 14.5 Å². The summed E-state index contributed by atoms with van der Waals surface area (Å²) in [6.45, 7) is 1.91. The van der Waals surface area contributed by atoms with Crippen molar-refractivity contribution in [2.45, 2.75) is 25.2 Å². The van der Waals surface area contributed by atoms with Crippen LogP contribution in [0.5, 0.6) is 5.75 Å². The number of benzene rings is 1. The van der Waals surface area contributed by atoms with Gasteiger partial charge in [0.25, 0.3) is 0 Å². The first-order chi connectivity index (χ1) is 14.0. The Bertz CT molecular complexity index is 841. The number of carbonyl (C=O) groups excluding carboxylic acids is 1. The third-order valence-electron chi connectivity index (χ3n) is 5.27. The minimum Gasteiger partial charge on any atom is -0.497 e. The minimum absolute atomic E-state index is 0.140. The molecule has 7 nitrogen and oxygen atoms in total. The van der Waals surface area contributed by atoms with Gasteiger partial charge in [0.1, 0.15) is 5.75 Å². The molecule has 1 saturated heterocycles. The topological polar surface area (TPSA) is 67.8 Å². The molecule has 0 N–H and O–H groups in total. The molecule has 0 bridgehead atoms. The number of carbonyl (C=O) groups is 1. The Labute approximate surface area is 172 Å². The standard InChI is InChI=1S/C22H30N4O3/c1-25(2)22-23-14-19(16-7-5-9-18(13-16)29-4)21(24-22)17-8-6-11-26(15-17)20(27)10-12-28-3/h5,7,9,13-14,17H,6,8,10-12,15H2,1-4H3. The van der Waals surface area contributed by atoms with Crippen molar-refractivity contribution < 1.29 is 14.3 Å². The van der Waals surface area contributed by atoms with E-state index in [0.717, 1.165) is 42.0 Å². The summed E-state index contributed by atoms with van der Waals surface area (Å²) in [4.78, 5) is 25.8. The van der Waals surface area contributed by atoms with Crippen LogP contribution in [0.4, 0.5) is 5.95 Å². The van der Waals surface area contributed by atoms with E-state index in [-0.39, 0.29) is 11.8 Å². The van der Waals surface area contributed by atoms with Gasteiger partial charge in [-0.15, -0.1) is 0 Å². The maximum atomic E-state index is 12.5. The van der Waals surface area contributed by atoms with Crippen molar-refractivity contribution in [3.63, 3.8) is 0 Å². The molecule has 0 spiro atoms. The first-order valence-corrected chi connectivity index (χ1v) is 9.99. The molecule has 1 aromatic carbocycles. The van der Waals surface area contributed by atoms with E-state index in [1.54, 1.807) is 14.2 Å². The number of aromatic nitrogens is 2. The zero-order valence-corrected chi connectivity index (χ0v) is 17.7. The molecule has 156 valence electrons. The van der Waals surface area contributed by atoms with E-state index in [2.05, 4.69) is 4.98 Å². The zero-order valence-electron chi connectivity index (χ0n) is 17.7. The van der Waals surface area contributed by atoms with Crippen molar-refractivity contribution in [3.8, 4) is 16.9 Å². The van der Waals surface area contributed by atoms with E-state index in [0.29, 0.717) is 25.5 Å². The van der Waals surface area contributed by atoms with Crippen LogP contribution >= 0.6 is 0 Å². The Kier molecular flexibility index (Phi) is 7.04. The Hall–Kier alpha value is -2.67.